The summed E-state index contributed by atoms with van der Waals surface area (Å²) in [4.78, 5) is 27.3. The van der Waals surface area contributed by atoms with Crippen molar-refractivity contribution in [3.8, 4) is 0 Å². The number of carbonyl (C=O) groups is 2. The van der Waals surface area contributed by atoms with Gasteiger partial charge in [-0.05, 0) is 56.7 Å². The number of hydrogen-bond acceptors (Lipinski definition) is 4. The smallest absolute Gasteiger partial charge is 0.352 e. The summed E-state index contributed by atoms with van der Waals surface area (Å²) in [5.41, 5.74) is -0.961. The molecular formula is C23H26BrClF3N3O4S. The van der Waals surface area contributed by atoms with Gasteiger partial charge in [-0.15, -0.1) is 0 Å². The Bertz CT molecular complexity index is 1210. The number of carbonyl (C=O) groups excluding carboxylic acids is 2. The SMILES string of the molecule is CC(C)NC(=O)[C@H](C)N(Cc1ccc(Br)cc1)C(=O)CN(c1ccc(Cl)c(C(F)(F)F)c1)S(C)(=O)=O. The molecule has 7 nitrogen and oxygen atoms in total. The highest BCUT2D eigenvalue weighted by Crippen LogP contribution is 2.37. The first-order chi connectivity index (χ1) is 16.5. The standard InChI is InChI=1S/C23H26BrClF3N3O4S/c1-14(2)29-22(33)15(3)30(12-16-5-7-17(24)8-6-16)21(32)13-31(36(4,34)35)18-9-10-20(25)19(11-18)23(26,27)28/h5-11,14-15H,12-13H2,1-4H3,(H,29,33)/t15-/m0/s1. The number of benzene rings is 2. The molecule has 0 radical (unpaired) electrons. The highest BCUT2D eigenvalue weighted by molar-refractivity contribution is 9.10. The molecule has 0 fully saturated rings. The van der Waals surface area contributed by atoms with E-state index in [1.165, 1.54) is 11.8 Å². The van der Waals surface area contributed by atoms with Crippen LogP contribution in [0.25, 0.3) is 0 Å². The summed E-state index contributed by atoms with van der Waals surface area (Å²) in [5, 5.41) is 2.10. The lowest BCUT2D eigenvalue weighted by molar-refractivity contribution is -0.139. The average molecular weight is 613 g/mol. The van der Waals surface area contributed by atoms with E-state index in [0.717, 1.165) is 22.9 Å². The van der Waals surface area contributed by atoms with Crippen LogP contribution in [0.4, 0.5) is 18.9 Å². The minimum absolute atomic E-state index is 0.0369. The van der Waals surface area contributed by atoms with Gasteiger partial charge in [-0.1, -0.05) is 39.7 Å². The molecule has 0 spiro atoms. The fourth-order valence-electron chi connectivity index (χ4n) is 3.27. The molecule has 1 atom stereocenters. The van der Waals surface area contributed by atoms with Crippen molar-refractivity contribution in [3.05, 3.63) is 63.1 Å². The number of anilines is 1. The van der Waals surface area contributed by atoms with Crippen molar-refractivity contribution in [2.45, 2.75) is 45.6 Å². The van der Waals surface area contributed by atoms with Crippen LogP contribution in [0.15, 0.2) is 46.9 Å². The highest BCUT2D eigenvalue weighted by Gasteiger charge is 2.35. The Kier molecular flexibility index (Phi) is 9.83. The molecular weight excluding hydrogens is 587 g/mol. The second kappa shape index (κ2) is 11.8. The number of amides is 2. The molecule has 0 saturated heterocycles. The van der Waals surface area contributed by atoms with Crippen molar-refractivity contribution in [1.29, 1.82) is 0 Å². The van der Waals surface area contributed by atoms with E-state index in [1.807, 2.05) is 0 Å². The molecule has 0 aliphatic rings. The van der Waals surface area contributed by atoms with E-state index in [-0.39, 0.29) is 18.3 Å². The molecule has 0 aliphatic heterocycles. The Hall–Kier alpha value is -2.31. The predicted octanol–water partition coefficient (Wildman–Crippen LogP) is 4.83. The fourth-order valence-corrected chi connectivity index (χ4v) is 4.60. The number of nitrogens with zero attached hydrogens (tertiary/aromatic N) is 2. The summed E-state index contributed by atoms with van der Waals surface area (Å²) in [7, 11) is -4.20. The molecule has 0 aromatic heterocycles. The third-order valence-corrected chi connectivity index (χ3v) is 7.09. The first-order valence-corrected chi connectivity index (χ1v) is 13.7. The summed E-state index contributed by atoms with van der Waals surface area (Å²) in [6, 6.07) is 8.29. The molecule has 0 aliphatic carbocycles. The van der Waals surface area contributed by atoms with Crippen LogP contribution in [-0.2, 0) is 32.3 Å². The lowest BCUT2D eigenvalue weighted by atomic mass is 10.1. The maximum atomic E-state index is 13.4. The summed E-state index contributed by atoms with van der Waals surface area (Å²) in [6.45, 7) is 4.12. The number of sulfonamides is 1. The van der Waals surface area contributed by atoms with Crippen LogP contribution in [0.5, 0.6) is 0 Å². The molecule has 2 aromatic rings. The fraction of sp³-hybridized carbons (Fsp3) is 0.391. The minimum atomic E-state index is -4.84. The molecule has 0 heterocycles. The van der Waals surface area contributed by atoms with Crippen LogP contribution in [0.1, 0.15) is 31.9 Å². The van der Waals surface area contributed by atoms with Gasteiger partial charge in [-0.3, -0.25) is 13.9 Å². The second-order valence-electron chi connectivity index (χ2n) is 8.42. The van der Waals surface area contributed by atoms with Gasteiger partial charge >= 0.3 is 6.18 Å². The number of halogens is 5. The molecule has 1 N–H and O–H groups in total. The van der Waals surface area contributed by atoms with Crippen LogP contribution < -0.4 is 9.62 Å². The zero-order valence-corrected chi connectivity index (χ0v) is 23.1. The summed E-state index contributed by atoms with van der Waals surface area (Å²) in [5.74, 6) is -1.24. The summed E-state index contributed by atoms with van der Waals surface area (Å²) < 4.78 is 66.5. The third kappa shape index (κ3) is 8.10. The normalized spacial score (nSPS) is 12.8. The Morgan fingerprint density at radius 1 is 1.08 bits per heavy atom. The van der Waals surface area contributed by atoms with Gasteiger partial charge in [0.2, 0.25) is 21.8 Å². The van der Waals surface area contributed by atoms with E-state index in [4.69, 9.17) is 11.6 Å². The lowest BCUT2D eigenvalue weighted by Crippen LogP contribution is -2.52. The Morgan fingerprint density at radius 2 is 1.67 bits per heavy atom. The molecule has 36 heavy (non-hydrogen) atoms. The molecule has 0 bridgehead atoms. The number of alkyl halides is 3. The van der Waals surface area contributed by atoms with Crippen molar-refractivity contribution in [3.63, 3.8) is 0 Å². The van der Waals surface area contributed by atoms with Gasteiger partial charge in [-0.2, -0.15) is 13.2 Å². The van der Waals surface area contributed by atoms with Gasteiger partial charge in [0.25, 0.3) is 0 Å². The Morgan fingerprint density at radius 3 is 2.17 bits per heavy atom. The van der Waals surface area contributed by atoms with Crippen molar-refractivity contribution in [2.75, 3.05) is 17.1 Å². The van der Waals surface area contributed by atoms with Crippen molar-refractivity contribution < 1.29 is 31.2 Å². The molecule has 2 amide bonds. The molecule has 13 heteroatoms. The van der Waals surface area contributed by atoms with Crippen LogP contribution in [-0.4, -0.2) is 50.0 Å². The van der Waals surface area contributed by atoms with Crippen LogP contribution >= 0.6 is 27.5 Å². The van der Waals surface area contributed by atoms with Gasteiger partial charge in [0.1, 0.15) is 12.6 Å². The first kappa shape index (κ1) is 29.9. The number of nitrogens with one attached hydrogen (secondary N) is 1. The monoisotopic (exact) mass is 611 g/mol. The molecule has 2 rings (SSSR count). The molecule has 0 unspecified atom stereocenters. The maximum Gasteiger partial charge on any atom is 0.417 e. The van der Waals surface area contributed by atoms with Gasteiger partial charge < -0.3 is 10.2 Å². The maximum absolute atomic E-state index is 13.4. The van der Waals surface area contributed by atoms with Gasteiger partial charge in [0.15, 0.2) is 0 Å². The predicted molar refractivity (Wildman–Crippen MR) is 136 cm³/mol. The number of hydrogen-bond donors (Lipinski definition) is 1. The molecule has 198 valence electrons. The quantitative estimate of drug-likeness (QED) is 0.440. The minimum Gasteiger partial charge on any atom is -0.352 e. The van der Waals surface area contributed by atoms with Crippen molar-refractivity contribution >= 4 is 55.1 Å². The zero-order valence-electron chi connectivity index (χ0n) is 19.9. The number of rotatable bonds is 9. The van der Waals surface area contributed by atoms with E-state index >= 15 is 0 Å². The lowest BCUT2D eigenvalue weighted by Gasteiger charge is -2.32. The van der Waals surface area contributed by atoms with E-state index in [0.29, 0.717) is 15.9 Å². The summed E-state index contributed by atoms with van der Waals surface area (Å²) >= 11 is 8.98. The summed E-state index contributed by atoms with van der Waals surface area (Å²) in [6.07, 6.45) is -4.06. The second-order valence-corrected chi connectivity index (χ2v) is 11.6. The zero-order chi connectivity index (χ0) is 27.4. The average Bonchev–Trinajstić information content (AvgIpc) is 2.75. The first-order valence-electron chi connectivity index (χ1n) is 10.7. The van der Waals surface area contributed by atoms with Gasteiger partial charge in [0.05, 0.1) is 22.5 Å². The van der Waals surface area contributed by atoms with E-state index < -0.39 is 51.2 Å². The van der Waals surface area contributed by atoms with Gasteiger partial charge in [-0.25, -0.2) is 8.42 Å². The van der Waals surface area contributed by atoms with Crippen molar-refractivity contribution in [1.82, 2.24) is 10.2 Å². The Balaban J connectivity index is 2.47. The van der Waals surface area contributed by atoms with Crippen LogP contribution in [0, 0.1) is 0 Å². The van der Waals surface area contributed by atoms with E-state index in [9.17, 15) is 31.2 Å². The topological polar surface area (TPSA) is 86.8 Å². The Labute approximate surface area is 221 Å². The molecule has 0 saturated carbocycles. The van der Waals surface area contributed by atoms with Crippen molar-refractivity contribution in [2.24, 2.45) is 0 Å². The van der Waals surface area contributed by atoms with Crippen LogP contribution in [0.2, 0.25) is 5.02 Å². The van der Waals surface area contributed by atoms with Crippen LogP contribution in [0.3, 0.4) is 0 Å². The van der Waals surface area contributed by atoms with E-state index in [2.05, 4.69) is 21.2 Å². The van der Waals surface area contributed by atoms with Gasteiger partial charge in [0, 0.05) is 17.1 Å². The largest absolute Gasteiger partial charge is 0.417 e. The van der Waals surface area contributed by atoms with E-state index in [1.54, 1.807) is 38.1 Å². The highest BCUT2D eigenvalue weighted by atomic mass is 79.9. The third-order valence-electron chi connectivity index (χ3n) is 5.09. The molecule has 2 aromatic carbocycles.